The van der Waals surface area contributed by atoms with Crippen LogP contribution in [0.3, 0.4) is 0 Å². The molecule has 0 unspecified atom stereocenters. The predicted octanol–water partition coefficient (Wildman–Crippen LogP) is 3.35. The molecule has 0 atom stereocenters. The Bertz CT molecular complexity index is 444. The Morgan fingerprint density at radius 1 is 1.19 bits per heavy atom. The highest BCUT2D eigenvalue weighted by molar-refractivity contribution is 8.00. The van der Waals surface area contributed by atoms with Gasteiger partial charge in [0.2, 0.25) is 0 Å². The highest BCUT2D eigenvalue weighted by Crippen LogP contribution is 2.32. The van der Waals surface area contributed by atoms with Gasteiger partial charge in [-0.05, 0) is 24.1 Å². The summed E-state index contributed by atoms with van der Waals surface area (Å²) in [6, 6.07) is 8.35. The van der Waals surface area contributed by atoms with Crippen LogP contribution < -0.4 is 0 Å². The fourth-order valence-corrected chi connectivity index (χ4v) is 4.93. The van der Waals surface area contributed by atoms with Crippen molar-refractivity contribution in [2.24, 2.45) is 0 Å². The van der Waals surface area contributed by atoms with Crippen LogP contribution in [-0.4, -0.2) is 33.9 Å². The Hall–Kier alpha value is -0.230. The summed E-state index contributed by atoms with van der Waals surface area (Å²) < 4.78 is 4.89. The van der Waals surface area contributed by atoms with E-state index in [1.807, 2.05) is 29.8 Å². The summed E-state index contributed by atoms with van der Waals surface area (Å²) in [4.78, 5) is 4.64. The molecule has 0 aliphatic carbocycles. The van der Waals surface area contributed by atoms with E-state index in [0.29, 0.717) is 0 Å². The second-order valence-electron chi connectivity index (χ2n) is 3.58. The van der Waals surface area contributed by atoms with Gasteiger partial charge in [0.05, 0.1) is 10.2 Å². The third-order valence-corrected chi connectivity index (χ3v) is 5.57. The first-order valence-electron chi connectivity index (χ1n) is 5.28. The van der Waals surface area contributed by atoms with Crippen LogP contribution in [-0.2, 0) is 0 Å². The smallest absolute Gasteiger partial charge is 0.166 e. The maximum absolute atomic E-state index is 4.64. The summed E-state index contributed by atoms with van der Waals surface area (Å²) in [7, 11) is 0. The lowest BCUT2D eigenvalue weighted by molar-refractivity contribution is 0.521. The van der Waals surface area contributed by atoms with E-state index in [2.05, 4.69) is 27.5 Å². The van der Waals surface area contributed by atoms with Crippen LogP contribution in [0.4, 0.5) is 0 Å². The Morgan fingerprint density at radius 2 is 2.00 bits per heavy atom. The highest BCUT2D eigenvalue weighted by Gasteiger charge is 2.13. The van der Waals surface area contributed by atoms with Gasteiger partial charge in [0.15, 0.2) is 4.34 Å². The minimum absolute atomic E-state index is 1.13. The molecule has 0 N–H and O–H groups in total. The minimum Gasteiger partial charge on any atom is -0.243 e. The van der Waals surface area contributed by atoms with Crippen molar-refractivity contribution in [3.05, 3.63) is 24.3 Å². The van der Waals surface area contributed by atoms with Crippen molar-refractivity contribution < 1.29 is 0 Å². The molecule has 0 spiro atoms. The molecule has 0 amide bonds. The van der Waals surface area contributed by atoms with Gasteiger partial charge in [-0.15, -0.1) is 11.3 Å². The number of para-hydroxylation sites is 1. The van der Waals surface area contributed by atoms with Gasteiger partial charge in [-0.2, -0.15) is 11.8 Å². The second-order valence-corrected chi connectivity index (χ2v) is 7.18. The van der Waals surface area contributed by atoms with Gasteiger partial charge >= 0.3 is 0 Å². The summed E-state index contributed by atoms with van der Waals surface area (Å²) in [5.41, 5.74) is 1.13. The summed E-state index contributed by atoms with van der Waals surface area (Å²) in [6.45, 7) is 2.34. The van der Waals surface area contributed by atoms with Gasteiger partial charge in [0.25, 0.3) is 0 Å². The number of hydrogen-bond acceptors (Lipinski definition) is 5. The van der Waals surface area contributed by atoms with Gasteiger partial charge in [-0.25, -0.2) is 9.29 Å². The average molecular weight is 268 g/mol. The molecule has 1 aliphatic heterocycles. The molecule has 2 nitrogen and oxygen atoms in total. The zero-order chi connectivity index (χ0) is 10.8. The Morgan fingerprint density at radius 3 is 2.81 bits per heavy atom. The zero-order valence-electron chi connectivity index (χ0n) is 8.76. The fraction of sp³-hybridized carbons (Fsp3) is 0.364. The fourth-order valence-electron chi connectivity index (χ4n) is 1.64. The first-order valence-corrected chi connectivity index (χ1v) is 8.02. The van der Waals surface area contributed by atoms with Crippen molar-refractivity contribution in [2.75, 3.05) is 24.6 Å². The molecule has 1 saturated heterocycles. The lowest BCUT2D eigenvalue weighted by Crippen LogP contribution is -2.26. The van der Waals surface area contributed by atoms with Crippen LogP contribution in [0.15, 0.2) is 28.6 Å². The largest absolute Gasteiger partial charge is 0.243 e. The molecule has 0 bridgehead atoms. The lowest BCUT2D eigenvalue weighted by atomic mass is 10.3. The molecule has 2 aromatic rings. The van der Waals surface area contributed by atoms with Crippen LogP contribution in [0.2, 0.25) is 0 Å². The van der Waals surface area contributed by atoms with Crippen molar-refractivity contribution in [2.45, 2.75) is 4.34 Å². The van der Waals surface area contributed by atoms with Gasteiger partial charge in [-0.3, -0.25) is 0 Å². The van der Waals surface area contributed by atoms with Crippen molar-refractivity contribution in [3.8, 4) is 0 Å². The molecule has 84 valence electrons. The van der Waals surface area contributed by atoms with E-state index >= 15 is 0 Å². The molecule has 16 heavy (non-hydrogen) atoms. The molecule has 1 aromatic carbocycles. The number of thioether (sulfide) groups is 1. The first kappa shape index (κ1) is 10.9. The van der Waals surface area contributed by atoms with E-state index in [9.17, 15) is 0 Å². The monoisotopic (exact) mass is 268 g/mol. The quantitative estimate of drug-likeness (QED) is 0.776. The van der Waals surface area contributed by atoms with Crippen molar-refractivity contribution >= 4 is 45.3 Å². The number of nitrogens with zero attached hydrogens (tertiary/aromatic N) is 2. The average Bonchev–Trinajstić information content (AvgIpc) is 2.72. The summed E-state index contributed by atoms with van der Waals surface area (Å²) in [6.07, 6.45) is 0. The summed E-state index contributed by atoms with van der Waals surface area (Å²) in [5, 5.41) is 0. The van der Waals surface area contributed by atoms with Crippen molar-refractivity contribution in [1.29, 1.82) is 0 Å². The first-order chi connectivity index (χ1) is 7.92. The minimum atomic E-state index is 1.13. The standard InChI is InChI=1S/C11H12N2S3/c1-2-4-10-9(3-1)12-11(15-10)16-13-5-7-14-8-6-13/h1-4H,5-8H2. The van der Waals surface area contributed by atoms with E-state index in [1.165, 1.54) is 33.6 Å². The number of aromatic nitrogens is 1. The number of rotatable bonds is 2. The molecule has 5 heteroatoms. The number of hydrogen-bond donors (Lipinski definition) is 0. The lowest BCUT2D eigenvalue weighted by Gasteiger charge is -2.23. The molecule has 3 rings (SSSR count). The number of fused-ring (bicyclic) bond motifs is 1. The summed E-state index contributed by atoms with van der Waals surface area (Å²) in [5.74, 6) is 2.50. The third kappa shape index (κ3) is 2.37. The third-order valence-electron chi connectivity index (χ3n) is 2.45. The highest BCUT2D eigenvalue weighted by atomic mass is 32.2. The van der Waals surface area contributed by atoms with Crippen molar-refractivity contribution in [1.82, 2.24) is 9.29 Å². The van der Waals surface area contributed by atoms with Crippen LogP contribution >= 0.6 is 35.0 Å². The van der Waals surface area contributed by atoms with E-state index in [1.54, 1.807) is 11.3 Å². The van der Waals surface area contributed by atoms with Gasteiger partial charge in [0.1, 0.15) is 0 Å². The molecule has 0 saturated carbocycles. The molecule has 0 radical (unpaired) electrons. The maximum atomic E-state index is 4.64. The molecular weight excluding hydrogens is 256 g/mol. The van der Waals surface area contributed by atoms with Crippen LogP contribution in [0.25, 0.3) is 10.2 Å². The van der Waals surface area contributed by atoms with Gasteiger partial charge in [0, 0.05) is 24.6 Å². The van der Waals surface area contributed by atoms with E-state index < -0.39 is 0 Å². The van der Waals surface area contributed by atoms with Crippen LogP contribution in [0, 0.1) is 0 Å². The topological polar surface area (TPSA) is 16.1 Å². The van der Waals surface area contributed by atoms with Crippen LogP contribution in [0.5, 0.6) is 0 Å². The van der Waals surface area contributed by atoms with Gasteiger partial charge in [-0.1, -0.05) is 12.1 Å². The Kier molecular flexibility index (Phi) is 3.38. The Labute approximate surface area is 108 Å². The SMILES string of the molecule is c1ccc2sc(SN3CCSCC3)nc2c1. The second kappa shape index (κ2) is 4.96. The molecule has 1 aromatic heterocycles. The van der Waals surface area contributed by atoms with E-state index in [0.717, 1.165) is 5.52 Å². The molecular formula is C11H12N2S3. The molecule has 1 fully saturated rings. The zero-order valence-corrected chi connectivity index (χ0v) is 11.2. The Balaban J connectivity index is 1.78. The summed E-state index contributed by atoms with van der Waals surface area (Å²) >= 11 is 5.65. The van der Waals surface area contributed by atoms with Crippen LogP contribution in [0.1, 0.15) is 0 Å². The molecule has 2 heterocycles. The van der Waals surface area contributed by atoms with Gasteiger partial charge < -0.3 is 0 Å². The van der Waals surface area contributed by atoms with E-state index in [-0.39, 0.29) is 0 Å². The maximum Gasteiger partial charge on any atom is 0.166 e. The molecule has 1 aliphatic rings. The number of thiazole rings is 1. The predicted molar refractivity (Wildman–Crippen MR) is 74.4 cm³/mol. The van der Waals surface area contributed by atoms with Crippen molar-refractivity contribution in [3.63, 3.8) is 0 Å². The normalized spacial score (nSPS) is 18.0. The number of benzene rings is 1. The van der Waals surface area contributed by atoms with E-state index in [4.69, 9.17) is 0 Å².